The average molecular weight is 426 g/mol. The molecule has 0 unspecified atom stereocenters. The Kier molecular flexibility index (Phi) is 5.46. The zero-order valence-corrected chi connectivity index (χ0v) is 17.7. The van der Waals surface area contributed by atoms with Crippen LogP contribution in [0, 0.1) is 29.0 Å². The van der Waals surface area contributed by atoms with Crippen molar-refractivity contribution in [3.8, 4) is 6.07 Å². The van der Waals surface area contributed by atoms with Gasteiger partial charge in [-0.3, -0.25) is 9.69 Å². The van der Waals surface area contributed by atoms with Gasteiger partial charge in [0.25, 0.3) is 5.91 Å². The molecular formula is C27H24FN3O. The van der Waals surface area contributed by atoms with Crippen molar-refractivity contribution in [2.45, 2.75) is 12.6 Å². The maximum atomic E-state index is 13.4. The number of fused-ring (bicyclic) bond motifs is 1. The molecular weight excluding hydrogens is 401 g/mol. The van der Waals surface area contributed by atoms with Gasteiger partial charge in [-0.15, -0.1) is 0 Å². The van der Waals surface area contributed by atoms with Crippen molar-refractivity contribution in [3.05, 3.63) is 107 Å². The third kappa shape index (κ3) is 3.90. The predicted molar refractivity (Wildman–Crippen MR) is 120 cm³/mol. The average Bonchev–Trinajstić information content (AvgIpc) is 3.37. The number of likely N-dealkylation sites (tertiary alicyclic amines) is 2. The van der Waals surface area contributed by atoms with E-state index in [1.807, 2.05) is 41.3 Å². The summed E-state index contributed by atoms with van der Waals surface area (Å²) in [4.78, 5) is 17.8. The second-order valence-corrected chi connectivity index (χ2v) is 8.75. The van der Waals surface area contributed by atoms with E-state index >= 15 is 0 Å². The van der Waals surface area contributed by atoms with E-state index in [9.17, 15) is 14.4 Å². The first-order chi connectivity index (χ1) is 15.6. The Bertz CT molecular complexity index is 1160. The fourth-order valence-corrected chi connectivity index (χ4v) is 5.31. The number of halogens is 1. The molecule has 2 aliphatic rings. The van der Waals surface area contributed by atoms with Crippen molar-refractivity contribution >= 4 is 5.91 Å². The molecule has 2 fully saturated rings. The topological polar surface area (TPSA) is 47.3 Å². The summed E-state index contributed by atoms with van der Waals surface area (Å²) in [5.74, 6) is 0.335. The van der Waals surface area contributed by atoms with Gasteiger partial charge < -0.3 is 4.90 Å². The second-order valence-electron chi connectivity index (χ2n) is 8.75. The van der Waals surface area contributed by atoms with Crippen LogP contribution in [0.2, 0.25) is 0 Å². The zero-order valence-electron chi connectivity index (χ0n) is 17.7. The van der Waals surface area contributed by atoms with E-state index in [0.717, 1.165) is 30.8 Å². The van der Waals surface area contributed by atoms with Gasteiger partial charge >= 0.3 is 0 Å². The van der Waals surface area contributed by atoms with Crippen LogP contribution >= 0.6 is 0 Å². The molecule has 160 valence electrons. The highest BCUT2D eigenvalue weighted by Crippen LogP contribution is 2.45. The summed E-state index contributed by atoms with van der Waals surface area (Å²) in [5.41, 5.74) is 3.49. The standard InChI is InChI=1S/C27H24FN3O/c28-24-11-9-22(10-12-24)27(32)31-17-23-16-30(15-20-6-4-5-19(13-20)14-29)18-25(23)26(31)21-7-2-1-3-8-21/h1-13,23,25-26H,15-18H2/t23-,25-,26+/m0/s1. The molecule has 32 heavy (non-hydrogen) atoms. The van der Waals surface area contributed by atoms with E-state index in [1.54, 1.807) is 12.1 Å². The van der Waals surface area contributed by atoms with E-state index in [2.05, 4.69) is 29.2 Å². The smallest absolute Gasteiger partial charge is 0.254 e. The molecule has 3 atom stereocenters. The van der Waals surface area contributed by atoms with Gasteiger partial charge in [-0.05, 0) is 53.4 Å². The Morgan fingerprint density at radius 3 is 2.50 bits per heavy atom. The molecule has 0 radical (unpaired) electrons. The molecule has 0 spiro atoms. The fourth-order valence-electron chi connectivity index (χ4n) is 5.31. The molecule has 5 rings (SSSR count). The van der Waals surface area contributed by atoms with Crippen LogP contribution in [0.5, 0.6) is 0 Å². The Morgan fingerprint density at radius 1 is 0.969 bits per heavy atom. The number of nitriles is 1. The number of rotatable bonds is 4. The van der Waals surface area contributed by atoms with Gasteiger partial charge in [0.15, 0.2) is 0 Å². The molecule has 2 aliphatic heterocycles. The van der Waals surface area contributed by atoms with Gasteiger partial charge in [0.05, 0.1) is 17.7 Å². The molecule has 2 heterocycles. The Labute approximate surface area is 187 Å². The molecule has 4 nitrogen and oxygen atoms in total. The van der Waals surface area contributed by atoms with E-state index < -0.39 is 0 Å². The van der Waals surface area contributed by atoms with Crippen LogP contribution in [0.15, 0.2) is 78.9 Å². The zero-order chi connectivity index (χ0) is 22.1. The van der Waals surface area contributed by atoms with Gasteiger partial charge in [-0.2, -0.15) is 5.26 Å². The number of hydrogen-bond acceptors (Lipinski definition) is 3. The molecule has 1 amide bonds. The number of hydrogen-bond donors (Lipinski definition) is 0. The summed E-state index contributed by atoms with van der Waals surface area (Å²) in [5, 5.41) is 9.18. The summed E-state index contributed by atoms with van der Waals surface area (Å²) in [6.45, 7) is 3.30. The van der Waals surface area contributed by atoms with Crippen LogP contribution in [0.1, 0.15) is 33.1 Å². The highest BCUT2D eigenvalue weighted by molar-refractivity contribution is 5.94. The fraction of sp³-hybridized carbons (Fsp3) is 0.259. The molecule has 0 N–H and O–H groups in total. The number of carbonyl (C=O) groups excluding carboxylic acids is 1. The van der Waals surface area contributed by atoms with E-state index in [1.165, 1.54) is 12.1 Å². The van der Waals surface area contributed by atoms with Gasteiger partial charge in [0.1, 0.15) is 5.82 Å². The molecule has 5 heteroatoms. The lowest BCUT2D eigenvalue weighted by Gasteiger charge is -2.30. The van der Waals surface area contributed by atoms with E-state index in [4.69, 9.17) is 0 Å². The largest absolute Gasteiger partial charge is 0.331 e. The van der Waals surface area contributed by atoms with Crippen LogP contribution in [0.25, 0.3) is 0 Å². The van der Waals surface area contributed by atoms with Crippen LogP contribution in [0.3, 0.4) is 0 Å². The highest BCUT2D eigenvalue weighted by Gasteiger charge is 2.49. The van der Waals surface area contributed by atoms with Crippen molar-refractivity contribution < 1.29 is 9.18 Å². The number of nitrogens with zero attached hydrogens (tertiary/aromatic N) is 3. The number of carbonyl (C=O) groups is 1. The normalized spacial score (nSPS) is 22.5. The molecule has 3 aromatic carbocycles. The van der Waals surface area contributed by atoms with Crippen molar-refractivity contribution in [1.82, 2.24) is 9.80 Å². The molecule has 0 bridgehead atoms. The molecule has 0 aliphatic carbocycles. The summed E-state index contributed by atoms with van der Waals surface area (Å²) >= 11 is 0. The van der Waals surface area contributed by atoms with E-state index in [-0.39, 0.29) is 17.8 Å². The van der Waals surface area contributed by atoms with Gasteiger partial charge in [-0.25, -0.2) is 4.39 Å². The van der Waals surface area contributed by atoms with Gasteiger partial charge in [0.2, 0.25) is 0 Å². The van der Waals surface area contributed by atoms with Gasteiger partial charge in [0, 0.05) is 37.7 Å². The minimum absolute atomic E-state index is 0.00537. The predicted octanol–water partition coefficient (Wildman–Crippen LogP) is 4.64. The maximum Gasteiger partial charge on any atom is 0.254 e. The lowest BCUT2D eigenvalue weighted by atomic mass is 9.89. The van der Waals surface area contributed by atoms with Crippen LogP contribution in [-0.4, -0.2) is 35.3 Å². The minimum Gasteiger partial charge on any atom is -0.331 e. The monoisotopic (exact) mass is 425 g/mol. The molecule has 2 saturated heterocycles. The summed E-state index contributed by atoms with van der Waals surface area (Å²) in [6.07, 6.45) is 0. The Morgan fingerprint density at radius 2 is 1.75 bits per heavy atom. The van der Waals surface area contributed by atoms with Crippen molar-refractivity contribution in [1.29, 1.82) is 5.26 Å². The lowest BCUT2D eigenvalue weighted by Crippen LogP contribution is -2.35. The maximum absolute atomic E-state index is 13.4. The number of benzene rings is 3. The lowest BCUT2D eigenvalue weighted by molar-refractivity contribution is 0.0699. The van der Waals surface area contributed by atoms with Crippen molar-refractivity contribution in [2.24, 2.45) is 11.8 Å². The van der Waals surface area contributed by atoms with Crippen LogP contribution in [-0.2, 0) is 6.54 Å². The van der Waals surface area contributed by atoms with Gasteiger partial charge in [-0.1, -0.05) is 42.5 Å². The Hall–Kier alpha value is -3.49. The molecule has 0 aromatic heterocycles. The number of amides is 1. The van der Waals surface area contributed by atoms with Crippen molar-refractivity contribution in [3.63, 3.8) is 0 Å². The minimum atomic E-state index is -0.337. The molecule has 0 saturated carbocycles. The third-order valence-corrected chi connectivity index (χ3v) is 6.70. The quantitative estimate of drug-likeness (QED) is 0.612. The van der Waals surface area contributed by atoms with Crippen molar-refractivity contribution in [2.75, 3.05) is 19.6 Å². The molecule has 3 aromatic rings. The SMILES string of the molecule is N#Cc1cccc(CN2C[C@H]3CN(C(=O)c4ccc(F)cc4)[C@H](c4ccccc4)[C@H]3C2)c1. The summed E-state index contributed by atoms with van der Waals surface area (Å²) in [7, 11) is 0. The first-order valence-electron chi connectivity index (χ1n) is 11.0. The first-order valence-corrected chi connectivity index (χ1v) is 11.0. The van der Waals surface area contributed by atoms with Crippen LogP contribution in [0.4, 0.5) is 4.39 Å². The Balaban J connectivity index is 1.39. The first kappa shape index (κ1) is 20.4. The van der Waals surface area contributed by atoms with Crippen LogP contribution < -0.4 is 0 Å². The summed E-state index contributed by atoms with van der Waals surface area (Å²) < 4.78 is 13.4. The second kappa shape index (κ2) is 8.57. The third-order valence-electron chi connectivity index (χ3n) is 6.70. The highest BCUT2D eigenvalue weighted by atomic mass is 19.1. The summed E-state index contributed by atoms with van der Waals surface area (Å²) in [6, 6.07) is 26.0. The van der Waals surface area contributed by atoms with E-state index in [0.29, 0.717) is 29.5 Å².